The minimum atomic E-state index is 0.572. The topological polar surface area (TPSA) is 9.23 Å². The van der Waals surface area contributed by atoms with Crippen LogP contribution >= 0.6 is 0 Å². The largest absolute Gasteiger partial charge is 0.381 e. The molecule has 3 aliphatic rings. The molecular formula is C13H20O. The minimum Gasteiger partial charge on any atom is -0.381 e. The zero-order chi connectivity index (χ0) is 9.87. The maximum atomic E-state index is 5.61. The smallest absolute Gasteiger partial charge is 0.0605 e. The van der Waals surface area contributed by atoms with Gasteiger partial charge in [-0.05, 0) is 49.4 Å². The fourth-order valence-corrected chi connectivity index (χ4v) is 4.37. The molecule has 6 atom stereocenters. The Morgan fingerprint density at radius 2 is 2.14 bits per heavy atom. The maximum Gasteiger partial charge on any atom is 0.0605 e. The van der Waals surface area contributed by atoms with E-state index in [2.05, 4.69) is 19.9 Å². The number of rotatable bonds is 1. The van der Waals surface area contributed by atoms with Gasteiger partial charge in [-0.1, -0.05) is 18.6 Å². The van der Waals surface area contributed by atoms with E-state index in [0.29, 0.717) is 6.10 Å². The quantitative estimate of drug-likeness (QED) is 0.580. The van der Waals surface area contributed by atoms with E-state index in [1.807, 2.05) is 7.11 Å². The van der Waals surface area contributed by atoms with Crippen LogP contribution in [0.2, 0.25) is 0 Å². The van der Waals surface area contributed by atoms with Crippen LogP contribution in [0.25, 0.3) is 0 Å². The highest BCUT2D eigenvalue weighted by molar-refractivity contribution is 5.23. The first-order valence-corrected chi connectivity index (χ1v) is 5.93. The Labute approximate surface area is 86.5 Å². The van der Waals surface area contributed by atoms with Crippen molar-refractivity contribution in [2.75, 3.05) is 7.11 Å². The van der Waals surface area contributed by atoms with E-state index in [-0.39, 0.29) is 0 Å². The van der Waals surface area contributed by atoms with Crippen LogP contribution < -0.4 is 0 Å². The van der Waals surface area contributed by atoms with Gasteiger partial charge in [0.25, 0.3) is 0 Å². The van der Waals surface area contributed by atoms with Gasteiger partial charge >= 0.3 is 0 Å². The third-order valence-corrected chi connectivity index (χ3v) is 5.12. The Balaban J connectivity index is 1.89. The summed E-state index contributed by atoms with van der Waals surface area (Å²) < 4.78 is 5.61. The van der Waals surface area contributed by atoms with Crippen molar-refractivity contribution in [1.82, 2.24) is 0 Å². The Morgan fingerprint density at radius 3 is 2.86 bits per heavy atom. The molecule has 6 unspecified atom stereocenters. The molecule has 2 saturated carbocycles. The van der Waals surface area contributed by atoms with Gasteiger partial charge in [0, 0.05) is 7.11 Å². The van der Waals surface area contributed by atoms with Gasteiger partial charge in [0.1, 0.15) is 0 Å². The molecule has 0 N–H and O–H groups in total. The van der Waals surface area contributed by atoms with Crippen LogP contribution in [0, 0.1) is 29.6 Å². The molecule has 1 heteroatoms. The summed E-state index contributed by atoms with van der Waals surface area (Å²) in [5, 5.41) is 0. The average molecular weight is 192 g/mol. The number of fused-ring (bicyclic) bond motifs is 5. The third-order valence-electron chi connectivity index (χ3n) is 5.12. The average Bonchev–Trinajstić information content (AvgIpc) is 2.79. The summed E-state index contributed by atoms with van der Waals surface area (Å²) in [7, 11) is 1.89. The van der Waals surface area contributed by atoms with E-state index >= 15 is 0 Å². The second-order valence-corrected chi connectivity index (χ2v) is 5.52. The molecule has 2 fully saturated rings. The first-order chi connectivity index (χ1) is 6.72. The normalized spacial score (nSPS) is 54.9. The van der Waals surface area contributed by atoms with Crippen LogP contribution in [-0.2, 0) is 4.74 Å². The molecule has 0 spiro atoms. The highest BCUT2D eigenvalue weighted by atomic mass is 16.5. The van der Waals surface area contributed by atoms with Crippen molar-refractivity contribution >= 4 is 0 Å². The molecule has 78 valence electrons. The van der Waals surface area contributed by atoms with Crippen LogP contribution in [0.3, 0.4) is 0 Å². The molecule has 0 aliphatic heterocycles. The van der Waals surface area contributed by atoms with Gasteiger partial charge in [0.2, 0.25) is 0 Å². The van der Waals surface area contributed by atoms with Crippen molar-refractivity contribution in [1.29, 1.82) is 0 Å². The molecule has 2 bridgehead atoms. The number of ether oxygens (including phenoxy) is 1. The zero-order valence-corrected chi connectivity index (χ0v) is 9.36. The lowest BCUT2D eigenvalue weighted by Gasteiger charge is -2.33. The Hall–Kier alpha value is -0.300. The minimum absolute atomic E-state index is 0.572. The highest BCUT2D eigenvalue weighted by Crippen LogP contribution is 2.60. The first-order valence-electron chi connectivity index (χ1n) is 5.93. The molecule has 0 heterocycles. The van der Waals surface area contributed by atoms with Crippen molar-refractivity contribution in [3.8, 4) is 0 Å². The first kappa shape index (κ1) is 8.96. The Morgan fingerprint density at radius 1 is 1.36 bits per heavy atom. The van der Waals surface area contributed by atoms with Gasteiger partial charge in [0.15, 0.2) is 0 Å². The van der Waals surface area contributed by atoms with Crippen LogP contribution in [0.1, 0.15) is 26.7 Å². The SMILES string of the molecule is COC1CC2CC1C1C(C)C(C)=CC21. The molecule has 0 aromatic heterocycles. The van der Waals surface area contributed by atoms with Crippen molar-refractivity contribution in [3.63, 3.8) is 0 Å². The van der Waals surface area contributed by atoms with Crippen molar-refractivity contribution in [2.24, 2.45) is 29.6 Å². The van der Waals surface area contributed by atoms with Gasteiger partial charge in [-0.3, -0.25) is 0 Å². The number of methoxy groups -OCH3 is 1. The van der Waals surface area contributed by atoms with Crippen molar-refractivity contribution in [2.45, 2.75) is 32.8 Å². The van der Waals surface area contributed by atoms with Gasteiger partial charge in [-0.15, -0.1) is 0 Å². The maximum absolute atomic E-state index is 5.61. The number of hydrogen-bond acceptors (Lipinski definition) is 1. The molecule has 0 radical (unpaired) electrons. The lowest BCUT2D eigenvalue weighted by atomic mass is 9.75. The summed E-state index contributed by atoms with van der Waals surface area (Å²) >= 11 is 0. The zero-order valence-electron chi connectivity index (χ0n) is 9.36. The highest BCUT2D eigenvalue weighted by Gasteiger charge is 2.55. The summed E-state index contributed by atoms with van der Waals surface area (Å²) in [6, 6.07) is 0. The monoisotopic (exact) mass is 192 g/mol. The van der Waals surface area contributed by atoms with Crippen LogP contribution in [0.5, 0.6) is 0 Å². The molecule has 3 aliphatic carbocycles. The molecule has 1 nitrogen and oxygen atoms in total. The predicted molar refractivity (Wildman–Crippen MR) is 56.9 cm³/mol. The summed E-state index contributed by atoms with van der Waals surface area (Å²) in [5.41, 5.74) is 1.63. The Kier molecular flexibility index (Phi) is 1.82. The standard InChI is InChI=1S/C13H20O/c1-7-4-10-9-5-11(12(6-9)14-3)13(10)8(7)2/h4,8-13H,5-6H2,1-3H3. The van der Waals surface area contributed by atoms with Crippen LogP contribution in [0.15, 0.2) is 11.6 Å². The van der Waals surface area contributed by atoms with Crippen LogP contribution in [-0.4, -0.2) is 13.2 Å². The van der Waals surface area contributed by atoms with E-state index in [1.54, 1.807) is 5.57 Å². The summed E-state index contributed by atoms with van der Waals surface area (Å²) in [6.45, 7) is 4.72. The van der Waals surface area contributed by atoms with Gasteiger partial charge < -0.3 is 4.74 Å². The van der Waals surface area contributed by atoms with Gasteiger partial charge in [0.05, 0.1) is 6.10 Å². The van der Waals surface area contributed by atoms with E-state index in [9.17, 15) is 0 Å². The Bertz CT molecular complexity index is 281. The van der Waals surface area contributed by atoms with E-state index in [4.69, 9.17) is 4.74 Å². The summed E-state index contributed by atoms with van der Waals surface area (Å²) in [5.74, 6) is 4.43. The molecule has 0 amide bonds. The number of allylic oxidation sites excluding steroid dienone is 2. The fourth-order valence-electron chi connectivity index (χ4n) is 4.37. The third kappa shape index (κ3) is 0.942. The molecule has 3 rings (SSSR count). The van der Waals surface area contributed by atoms with Gasteiger partial charge in [-0.25, -0.2) is 0 Å². The lowest BCUT2D eigenvalue weighted by Crippen LogP contribution is -2.32. The molecule has 0 saturated heterocycles. The van der Waals surface area contributed by atoms with E-state index in [0.717, 1.165) is 29.6 Å². The number of hydrogen-bond donors (Lipinski definition) is 0. The van der Waals surface area contributed by atoms with Crippen molar-refractivity contribution < 1.29 is 4.74 Å². The molecular weight excluding hydrogens is 172 g/mol. The summed E-state index contributed by atoms with van der Waals surface area (Å²) in [4.78, 5) is 0. The van der Waals surface area contributed by atoms with E-state index < -0.39 is 0 Å². The molecule has 14 heavy (non-hydrogen) atoms. The summed E-state index contributed by atoms with van der Waals surface area (Å²) in [6.07, 6.45) is 5.88. The molecule has 0 aromatic rings. The van der Waals surface area contributed by atoms with E-state index in [1.165, 1.54) is 12.8 Å². The second kappa shape index (κ2) is 2.85. The fraction of sp³-hybridized carbons (Fsp3) is 0.846. The van der Waals surface area contributed by atoms with Crippen molar-refractivity contribution in [3.05, 3.63) is 11.6 Å². The lowest BCUT2D eigenvalue weighted by molar-refractivity contribution is 0.0167. The van der Waals surface area contributed by atoms with Gasteiger partial charge in [-0.2, -0.15) is 0 Å². The molecule has 0 aromatic carbocycles. The van der Waals surface area contributed by atoms with Crippen LogP contribution in [0.4, 0.5) is 0 Å². The second-order valence-electron chi connectivity index (χ2n) is 5.52. The predicted octanol–water partition coefficient (Wildman–Crippen LogP) is 2.87.